The van der Waals surface area contributed by atoms with Gasteiger partial charge in [0, 0.05) is 0 Å². The monoisotopic (exact) mass is 262 g/mol. The fourth-order valence-corrected chi connectivity index (χ4v) is 1.81. The lowest BCUT2D eigenvalue weighted by atomic mass is 10.1. The molecular weight excluding hydrogens is 248 g/mol. The summed E-state index contributed by atoms with van der Waals surface area (Å²) >= 11 is 0. The van der Waals surface area contributed by atoms with E-state index in [1.807, 2.05) is 12.2 Å². The molecule has 3 rings (SSSR count). The third-order valence-corrected chi connectivity index (χ3v) is 2.89. The summed E-state index contributed by atoms with van der Waals surface area (Å²) in [6.45, 7) is 0. The second-order valence-electron chi connectivity index (χ2n) is 4.35. The molecule has 3 aromatic rings. The van der Waals surface area contributed by atoms with Crippen LogP contribution in [0, 0.1) is 0 Å². The van der Waals surface area contributed by atoms with Crippen molar-refractivity contribution in [2.75, 3.05) is 0 Å². The summed E-state index contributed by atoms with van der Waals surface area (Å²) in [6.07, 6.45) is 15.0. The van der Waals surface area contributed by atoms with Crippen LogP contribution in [0.25, 0.3) is 24.3 Å². The standard InChI is InChI=1S/C16H14N4/c1-2-14(6-8-16-10-18-12-20-16)4-3-13(1)5-7-15-9-17-11-19-15/h1-12H,(H,17,19)(H,18,20)/b7-5+,8-6+. The average Bonchev–Trinajstić information content (AvgIpc) is 3.17. The molecule has 0 atom stereocenters. The van der Waals surface area contributed by atoms with E-state index >= 15 is 0 Å². The first-order chi connectivity index (χ1) is 9.90. The number of H-pyrrole nitrogens is 2. The normalized spacial score (nSPS) is 11.6. The zero-order chi connectivity index (χ0) is 13.6. The van der Waals surface area contributed by atoms with Crippen molar-refractivity contribution in [3.8, 4) is 0 Å². The molecule has 0 aliphatic heterocycles. The number of hydrogen-bond donors (Lipinski definition) is 2. The number of rotatable bonds is 4. The molecule has 0 radical (unpaired) electrons. The van der Waals surface area contributed by atoms with Crippen LogP contribution < -0.4 is 0 Å². The van der Waals surface area contributed by atoms with Gasteiger partial charge in [-0.25, -0.2) is 9.97 Å². The molecule has 0 saturated heterocycles. The number of hydrogen-bond acceptors (Lipinski definition) is 2. The Balaban J connectivity index is 1.68. The van der Waals surface area contributed by atoms with Crippen LogP contribution in [0.4, 0.5) is 0 Å². The van der Waals surface area contributed by atoms with Crippen molar-refractivity contribution in [3.05, 3.63) is 71.8 Å². The SMILES string of the molecule is C(=C\c1cnc[nH]1)/c1ccc(/C=C/c2cnc[nH]2)cc1. The van der Waals surface area contributed by atoms with Crippen LogP contribution in [-0.4, -0.2) is 19.9 Å². The van der Waals surface area contributed by atoms with Crippen LogP contribution in [0.1, 0.15) is 22.5 Å². The van der Waals surface area contributed by atoms with E-state index in [0.717, 1.165) is 22.5 Å². The fraction of sp³-hybridized carbons (Fsp3) is 0. The Bertz CT molecular complexity index is 626. The highest BCUT2D eigenvalue weighted by molar-refractivity contribution is 5.71. The number of aromatic amines is 2. The average molecular weight is 262 g/mol. The largest absolute Gasteiger partial charge is 0.345 e. The summed E-state index contributed by atoms with van der Waals surface area (Å²) in [7, 11) is 0. The maximum atomic E-state index is 3.97. The van der Waals surface area contributed by atoms with Gasteiger partial charge in [-0.05, 0) is 23.3 Å². The minimum Gasteiger partial charge on any atom is -0.345 e. The van der Waals surface area contributed by atoms with E-state index in [1.165, 1.54) is 0 Å². The highest BCUT2D eigenvalue weighted by atomic mass is 14.9. The number of imidazole rings is 2. The zero-order valence-corrected chi connectivity index (χ0v) is 10.8. The van der Waals surface area contributed by atoms with Crippen molar-refractivity contribution in [2.45, 2.75) is 0 Å². The molecule has 2 aromatic heterocycles. The quantitative estimate of drug-likeness (QED) is 0.756. The molecule has 0 fully saturated rings. The minimum absolute atomic E-state index is 0.994. The molecule has 4 heteroatoms. The minimum atomic E-state index is 0.994. The predicted molar refractivity (Wildman–Crippen MR) is 81.5 cm³/mol. The first kappa shape index (κ1) is 12.2. The predicted octanol–water partition coefficient (Wildman–Crippen LogP) is 3.47. The molecule has 98 valence electrons. The van der Waals surface area contributed by atoms with Crippen LogP contribution in [0.15, 0.2) is 49.3 Å². The van der Waals surface area contributed by atoms with Gasteiger partial charge in [-0.1, -0.05) is 36.4 Å². The Morgan fingerprint density at radius 3 is 1.45 bits per heavy atom. The maximum absolute atomic E-state index is 3.97. The molecule has 4 nitrogen and oxygen atoms in total. The summed E-state index contributed by atoms with van der Waals surface area (Å²) in [5.41, 5.74) is 4.29. The number of aromatic nitrogens is 4. The van der Waals surface area contributed by atoms with E-state index < -0.39 is 0 Å². The van der Waals surface area contributed by atoms with Gasteiger partial charge in [0.15, 0.2) is 0 Å². The lowest BCUT2D eigenvalue weighted by Crippen LogP contribution is -1.75. The summed E-state index contributed by atoms with van der Waals surface area (Å²) in [6, 6.07) is 8.33. The number of benzene rings is 1. The van der Waals surface area contributed by atoms with E-state index in [9.17, 15) is 0 Å². The van der Waals surface area contributed by atoms with Gasteiger partial charge >= 0.3 is 0 Å². The van der Waals surface area contributed by atoms with Gasteiger partial charge in [-0.3, -0.25) is 0 Å². The van der Waals surface area contributed by atoms with E-state index in [2.05, 4.69) is 56.4 Å². The molecular formula is C16H14N4. The van der Waals surface area contributed by atoms with Crippen molar-refractivity contribution in [1.82, 2.24) is 19.9 Å². The topological polar surface area (TPSA) is 57.4 Å². The van der Waals surface area contributed by atoms with E-state index in [1.54, 1.807) is 25.0 Å². The number of nitrogens with zero attached hydrogens (tertiary/aromatic N) is 2. The zero-order valence-electron chi connectivity index (χ0n) is 10.8. The first-order valence-corrected chi connectivity index (χ1v) is 6.33. The highest BCUT2D eigenvalue weighted by Crippen LogP contribution is 2.10. The number of nitrogens with one attached hydrogen (secondary N) is 2. The second kappa shape index (κ2) is 5.84. The van der Waals surface area contributed by atoms with E-state index in [0.29, 0.717) is 0 Å². The van der Waals surface area contributed by atoms with Gasteiger partial charge in [0.25, 0.3) is 0 Å². The summed E-state index contributed by atoms with van der Waals surface area (Å²) in [5, 5.41) is 0. The third-order valence-electron chi connectivity index (χ3n) is 2.89. The van der Waals surface area contributed by atoms with Crippen LogP contribution in [-0.2, 0) is 0 Å². The molecule has 20 heavy (non-hydrogen) atoms. The molecule has 0 amide bonds. The van der Waals surface area contributed by atoms with Gasteiger partial charge in [0.2, 0.25) is 0 Å². The molecule has 2 heterocycles. The second-order valence-corrected chi connectivity index (χ2v) is 4.35. The first-order valence-electron chi connectivity index (χ1n) is 6.33. The fourth-order valence-electron chi connectivity index (χ4n) is 1.81. The molecule has 2 N–H and O–H groups in total. The molecule has 0 aliphatic rings. The van der Waals surface area contributed by atoms with Gasteiger partial charge in [-0.2, -0.15) is 0 Å². The van der Waals surface area contributed by atoms with Gasteiger partial charge in [0.05, 0.1) is 36.4 Å². The third kappa shape index (κ3) is 3.11. The van der Waals surface area contributed by atoms with Gasteiger partial charge in [-0.15, -0.1) is 0 Å². The smallest absolute Gasteiger partial charge is 0.0924 e. The van der Waals surface area contributed by atoms with Crippen molar-refractivity contribution in [3.63, 3.8) is 0 Å². The van der Waals surface area contributed by atoms with Crippen LogP contribution in [0.5, 0.6) is 0 Å². The Kier molecular flexibility index (Phi) is 3.55. The van der Waals surface area contributed by atoms with Crippen molar-refractivity contribution < 1.29 is 0 Å². The summed E-state index contributed by atoms with van der Waals surface area (Å²) in [4.78, 5) is 14.0. The Morgan fingerprint density at radius 1 is 0.650 bits per heavy atom. The molecule has 0 unspecified atom stereocenters. The summed E-state index contributed by atoms with van der Waals surface area (Å²) in [5.74, 6) is 0. The van der Waals surface area contributed by atoms with Gasteiger partial charge in [0.1, 0.15) is 0 Å². The van der Waals surface area contributed by atoms with Crippen LogP contribution in [0.3, 0.4) is 0 Å². The Hall–Kier alpha value is -2.88. The molecule has 0 spiro atoms. The molecule has 0 bridgehead atoms. The van der Waals surface area contributed by atoms with Crippen molar-refractivity contribution in [1.29, 1.82) is 0 Å². The molecule has 0 aliphatic carbocycles. The molecule has 1 aromatic carbocycles. The Morgan fingerprint density at radius 2 is 1.10 bits per heavy atom. The van der Waals surface area contributed by atoms with Crippen molar-refractivity contribution in [2.24, 2.45) is 0 Å². The lowest BCUT2D eigenvalue weighted by molar-refractivity contribution is 1.31. The van der Waals surface area contributed by atoms with Crippen LogP contribution in [0.2, 0.25) is 0 Å². The Labute approximate surface area is 116 Å². The van der Waals surface area contributed by atoms with Gasteiger partial charge < -0.3 is 9.97 Å². The van der Waals surface area contributed by atoms with E-state index in [4.69, 9.17) is 0 Å². The summed E-state index contributed by atoms with van der Waals surface area (Å²) < 4.78 is 0. The lowest BCUT2D eigenvalue weighted by Gasteiger charge is -1.95. The van der Waals surface area contributed by atoms with Crippen LogP contribution >= 0.6 is 0 Å². The maximum Gasteiger partial charge on any atom is 0.0924 e. The van der Waals surface area contributed by atoms with Crippen molar-refractivity contribution >= 4 is 24.3 Å². The molecule has 0 saturated carbocycles. The highest BCUT2D eigenvalue weighted by Gasteiger charge is 1.91. The van der Waals surface area contributed by atoms with E-state index in [-0.39, 0.29) is 0 Å².